The summed E-state index contributed by atoms with van der Waals surface area (Å²) in [5.74, 6) is -0.632. The van der Waals surface area contributed by atoms with Gasteiger partial charge >= 0.3 is 17.1 Å². The maximum Gasteiger partial charge on any atom is 0.434 e. The Morgan fingerprint density at radius 1 is 1.17 bits per heavy atom. The number of thiol groups is 1. The van der Waals surface area contributed by atoms with E-state index in [1.165, 1.54) is 4.57 Å². The van der Waals surface area contributed by atoms with E-state index in [2.05, 4.69) is 4.99 Å². The van der Waals surface area contributed by atoms with Crippen LogP contribution >= 0.6 is 11.1 Å². The molecule has 1 heterocycles. The molecule has 1 aromatic heterocycles. The number of aromatic nitrogens is 2. The molecule has 0 fully saturated rings. The zero-order chi connectivity index (χ0) is 14.0. The molecule has 0 aromatic carbocycles. The molecule has 1 rings (SSSR count). The third-order valence-corrected chi connectivity index (χ3v) is 3.36. The summed E-state index contributed by atoms with van der Waals surface area (Å²) >= 11 is -0.876. The molecule has 0 aliphatic heterocycles. The van der Waals surface area contributed by atoms with Gasteiger partial charge in [0.05, 0.1) is 0 Å². The first-order chi connectivity index (χ1) is 8.25. The van der Waals surface area contributed by atoms with E-state index in [1.807, 2.05) is 40.2 Å². The predicted molar refractivity (Wildman–Crippen MR) is 74.5 cm³/mol. The van der Waals surface area contributed by atoms with Crippen LogP contribution in [-0.4, -0.2) is 27.1 Å². The van der Waals surface area contributed by atoms with Gasteiger partial charge in [-0.15, -0.1) is 0 Å². The van der Waals surface area contributed by atoms with Crippen molar-refractivity contribution in [2.45, 2.75) is 39.8 Å². The molecule has 0 aliphatic carbocycles. The van der Waals surface area contributed by atoms with Crippen molar-refractivity contribution in [1.82, 2.24) is 8.54 Å². The number of rotatable bonds is 3. The summed E-state index contributed by atoms with van der Waals surface area (Å²) in [6.07, 6.45) is 3.66. The van der Waals surface area contributed by atoms with E-state index in [9.17, 15) is 9.59 Å². The maximum atomic E-state index is 12.3. The van der Waals surface area contributed by atoms with Gasteiger partial charge < -0.3 is 4.42 Å². The number of nitrogens with zero attached hydrogens (tertiary/aromatic N) is 3. The Morgan fingerprint density at radius 3 is 2.11 bits per heavy atom. The monoisotopic (exact) mass is 275 g/mol. The topological polar surface area (TPSA) is 69.5 Å². The van der Waals surface area contributed by atoms with Crippen molar-refractivity contribution in [1.29, 1.82) is 0 Å². The second kappa shape index (κ2) is 5.60. The lowest BCUT2D eigenvalue weighted by Gasteiger charge is -2.16. The fourth-order valence-corrected chi connectivity index (χ4v) is 2.32. The SMILES string of the molecule is CC(C)/N=c1/oc(=O)n([SH](C)C)c(=O)n1C(C)C. The highest BCUT2D eigenvalue weighted by atomic mass is 32.2. The summed E-state index contributed by atoms with van der Waals surface area (Å²) in [5, 5.41) is 0. The van der Waals surface area contributed by atoms with E-state index in [0.717, 1.165) is 3.97 Å². The summed E-state index contributed by atoms with van der Waals surface area (Å²) in [5.41, 5.74) is -0.250. The van der Waals surface area contributed by atoms with Gasteiger partial charge in [-0.05, 0) is 40.2 Å². The smallest absolute Gasteiger partial charge is 0.374 e. The molecule has 104 valence electrons. The molecule has 0 N–H and O–H groups in total. The fourth-order valence-electron chi connectivity index (χ4n) is 1.52. The van der Waals surface area contributed by atoms with E-state index in [0.29, 0.717) is 0 Å². The Kier molecular flexibility index (Phi) is 4.61. The van der Waals surface area contributed by atoms with Gasteiger partial charge in [0.25, 0.3) is 0 Å². The quantitative estimate of drug-likeness (QED) is 0.818. The van der Waals surface area contributed by atoms with Crippen LogP contribution < -0.4 is 17.1 Å². The molecular formula is C11H21N3O3S. The fraction of sp³-hybridized carbons (Fsp3) is 0.727. The van der Waals surface area contributed by atoms with E-state index < -0.39 is 16.8 Å². The van der Waals surface area contributed by atoms with E-state index in [1.54, 1.807) is 0 Å². The second-order valence-electron chi connectivity index (χ2n) is 4.78. The molecule has 7 heteroatoms. The molecule has 18 heavy (non-hydrogen) atoms. The largest absolute Gasteiger partial charge is 0.434 e. The first-order valence-electron chi connectivity index (χ1n) is 5.85. The van der Waals surface area contributed by atoms with Crippen LogP contribution in [0.4, 0.5) is 0 Å². The van der Waals surface area contributed by atoms with Crippen LogP contribution in [0, 0.1) is 0 Å². The molecule has 0 spiro atoms. The normalized spacial score (nSPS) is 13.6. The lowest BCUT2D eigenvalue weighted by molar-refractivity contribution is 0.322. The van der Waals surface area contributed by atoms with Gasteiger partial charge in [-0.3, -0.25) is 0 Å². The van der Waals surface area contributed by atoms with Crippen LogP contribution in [0.2, 0.25) is 0 Å². The predicted octanol–water partition coefficient (Wildman–Crippen LogP) is 0.517. The zero-order valence-corrected chi connectivity index (χ0v) is 12.6. The van der Waals surface area contributed by atoms with Gasteiger partial charge in [0, 0.05) is 12.1 Å². The lowest BCUT2D eigenvalue weighted by atomic mass is 10.4. The van der Waals surface area contributed by atoms with Crippen molar-refractivity contribution in [3.63, 3.8) is 0 Å². The average molecular weight is 275 g/mol. The second-order valence-corrected chi connectivity index (χ2v) is 6.87. The summed E-state index contributed by atoms with van der Waals surface area (Å²) in [7, 11) is 0. The maximum absolute atomic E-state index is 12.3. The van der Waals surface area contributed by atoms with Crippen LogP contribution in [0.1, 0.15) is 33.7 Å². The van der Waals surface area contributed by atoms with Crippen molar-refractivity contribution >= 4 is 11.1 Å². The van der Waals surface area contributed by atoms with E-state index in [-0.39, 0.29) is 23.5 Å². The van der Waals surface area contributed by atoms with Crippen molar-refractivity contribution < 1.29 is 4.42 Å². The van der Waals surface area contributed by atoms with Crippen molar-refractivity contribution in [3.05, 3.63) is 26.7 Å². The summed E-state index contributed by atoms with van der Waals surface area (Å²) in [6.45, 7) is 7.45. The molecule has 6 nitrogen and oxygen atoms in total. The van der Waals surface area contributed by atoms with Crippen molar-refractivity contribution in [2.24, 2.45) is 4.99 Å². The average Bonchev–Trinajstić information content (AvgIpc) is 2.13. The molecule has 0 bridgehead atoms. The van der Waals surface area contributed by atoms with Crippen LogP contribution in [-0.2, 0) is 0 Å². The molecule has 0 amide bonds. The Hall–Kier alpha value is -1.24. The van der Waals surface area contributed by atoms with Crippen molar-refractivity contribution in [2.75, 3.05) is 12.5 Å². The molecule has 0 unspecified atom stereocenters. The molecule has 0 saturated carbocycles. The molecule has 0 atom stereocenters. The minimum Gasteiger partial charge on any atom is -0.374 e. The highest BCUT2D eigenvalue weighted by Crippen LogP contribution is 2.10. The van der Waals surface area contributed by atoms with Gasteiger partial charge in [0.1, 0.15) is 0 Å². The van der Waals surface area contributed by atoms with E-state index >= 15 is 0 Å². The third kappa shape index (κ3) is 2.95. The van der Waals surface area contributed by atoms with Gasteiger partial charge in [0.15, 0.2) is 0 Å². The molecule has 0 aliphatic rings. The molecule has 0 radical (unpaired) electrons. The van der Waals surface area contributed by atoms with Gasteiger partial charge in [0.2, 0.25) is 0 Å². The summed E-state index contributed by atoms with van der Waals surface area (Å²) < 4.78 is 7.76. The summed E-state index contributed by atoms with van der Waals surface area (Å²) in [4.78, 5) is 28.3. The Balaban J connectivity index is 3.80. The molecular weight excluding hydrogens is 254 g/mol. The Morgan fingerprint density at radius 2 is 1.72 bits per heavy atom. The standard InChI is InChI=1S/C11H21N3O3S/c1-7(2)12-9-13(8(3)4)10(15)14(18(5)6)11(16)17-9/h7-8,18H,1-6H3/b12-9+. The first-order valence-corrected chi connectivity index (χ1v) is 8.04. The Labute approximate surface area is 108 Å². The Bertz CT molecular complexity index is 593. The number of hydrogen-bond acceptors (Lipinski definition) is 4. The van der Waals surface area contributed by atoms with Crippen LogP contribution in [0.5, 0.6) is 0 Å². The van der Waals surface area contributed by atoms with Crippen LogP contribution in [0.25, 0.3) is 0 Å². The number of hydrogen-bond donors (Lipinski definition) is 1. The highest BCUT2D eigenvalue weighted by Gasteiger charge is 2.14. The van der Waals surface area contributed by atoms with Crippen LogP contribution in [0.15, 0.2) is 19.0 Å². The minimum atomic E-state index is -0.876. The summed E-state index contributed by atoms with van der Waals surface area (Å²) in [6, 6.07) is -0.154. The van der Waals surface area contributed by atoms with E-state index in [4.69, 9.17) is 4.42 Å². The van der Waals surface area contributed by atoms with Gasteiger partial charge in [-0.25, -0.2) is 19.1 Å². The first kappa shape index (κ1) is 14.8. The molecule has 0 saturated heterocycles. The van der Waals surface area contributed by atoms with Crippen molar-refractivity contribution in [3.8, 4) is 0 Å². The lowest BCUT2D eigenvalue weighted by Crippen LogP contribution is -2.47. The highest BCUT2D eigenvalue weighted by molar-refractivity contribution is 8.14. The zero-order valence-electron chi connectivity index (χ0n) is 11.7. The van der Waals surface area contributed by atoms with Gasteiger partial charge in [-0.1, -0.05) is 0 Å². The molecule has 1 aromatic rings. The van der Waals surface area contributed by atoms with Gasteiger partial charge in [-0.2, -0.15) is 15.1 Å². The minimum absolute atomic E-state index is 0.0434. The third-order valence-electron chi connectivity index (χ3n) is 2.23. The van der Waals surface area contributed by atoms with Crippen LogP contribution in [0.3, 0.4) is 0 Å².